The third-order valence-corrected chi connectivity index (χ3v) is 3.26. The lowest BCUT2D eigenvalue weighted by atomic mass is 10.1. The van der Waals surface area contributed by atoms with Gasteiger partial charge in [0.05, 0.1) is 17.1 Å². The summed E-state index contributed by atoms with van der Waals surface area (Å²) in [5, 5.41) is 2.98. The SMILES string of the molecule is CCC(NC(=O)C(C)CN)c1nc2ccccc2[nH]1.Cl.Cl. The van der Waals surface area contributed by atoms with Crippen molar-refractivity contribution < 1.29 is 4.79 Å². The summed E-state index contributed by atoms with van der Waals surface area (Å²) in [6, 6.07) is 7.73. The second-order valence-corrected chi connectivity index (χ2v) is 4.75. The number of nitrogens with two attached hydrogens (primary N) is 1. The number of hydrogen-bond acceptors (Lipinski definition) is 3. The molecular formula is C14H22Cl2N4O. The molecular weight excluding hydrogens is 311 g/mol. The van der Waals surface area contributed by atoms with Gasteiger partial charge in [-0.2, -0.15) is 0 Å². The molecule has 2 aromatic rings. The summed E-state index contributed by atoms with van der Waals surface area (Å²) in [4.78, 5) is 19.7. The molecule has 2 unspecified atom stereocenters. The minimum absolute atomic E-state index is 0. The third-order valence-electron chi connectivity index (χ3n) is 3.26. The fraction of sp³-hybridized carbons (Fsp3) is 0.429. The molecule has 0 aliphatic carbocycles. The second-order valence-electron chi connectivity index (χ2n) is 4.75. The van der Waals surface area contributed by atoms with E-state index in [9.17, 15) is 4.79 Å². The van der Waals surface area contributed by atoms with Gasteiger partial charge in [-0.25, -0.2) is 4.98 Å². The molecule has 2 rings (SSSR count). The van der Waals surface area contributed by atoms with Crippen LogP contribution in [0.5, 0.6) is 0 Å². The molecule has 0 radical (unpaired) electrons. The van der Waals surface area contributed by atoms with E-state index < -0.39 is 0 Å². The highest BCUT2D eigenvalue weighted by atomic mass is 35.5. The number of carbonyl (C=O) groups excluding carboxylic acids is 1. The molecule has 0 aliphatic rings. The Morgan fingerprint density at radius 2 is 2.05 bits per heavy atom. The number of rotatable bonds is 5. The number of fused-ring (bicyclic) bond motifs is 1. The van der Waals surface area contributed by atoms with Gasteiger partial charge in [0.1, 0.15) is 5.82 Å². The number of aromatic amines is 1. The largest absolute Gasteiger partial charge is 0.346 e. The molecule has 5 nitrogen and oxygen atoms in total. The van der Waals surface area contributed by atoms with Crippen molar-refractivity contribution in [2.24, 2.45) is 11.7 Å². The topological polar surface area (TPSA) is 83.8 Å². The van der Waals surface area contributed by atoms with Crippen LogP contribution >= 0.6 is 24.8 Å². The van der Waals surface area contributed by atoms with E-state index in [0.29, 0.717) is 6.54 Å². The Bertz CT molecular complexity index is 540. The van der Waals surface area contributed by atoms with Crippen LogP contribution in [0.2, 0.25) is 0 Å². The molecule has 2 atom stereocenters. The number of imidazole rings is 1. The molecule has 0 spiro atoms. The lowest BCUT2D eigenvalue weighted by molar-refractivity contribution is -0.125. The van der Waals surface area contributed by atoms with Crippen molar-refractivity contribution in [2.75, 3.05) is 6.54 Å². The molecule has 1 aromatic heterocycles. The third kappa shape index (κ3) is 4.59. The monoisotopic (exact) mass is 332 g/mol. The van der Waals surface area contributed by atoms with Crippen molar-refractivity contribution >= 4 is 41.8 Å². The lowest BCUT2D eigenvalue weighted by Gasteiger charge is -2.17. The van der Waals surface area contributed by atoms with E-state index in [-0.39, 0.29) is 42.7 Å². The van der Waals surface area contributed by atoms with Gasteiger partial charge in [-0.3, -0.25) is 4.79 Å². The van der Waals surface area contributed by atoms with Gasteiger partial charge in [-0.05, 0) is 18.6 Å². The van der Waals surface area contributed by atoms with Crippen molar-refractivity contribution in [3.8, 4) is 0 Å². The normalized spacial score (nSPS) is 12.9. The summed E-state index contributed by atoms with van der Waals surface area (Å²) < 4.78 is 0. The van der Waals surface area contributed by atoms with Gasteiger partial charge in [0.25, 0.3) is 0 Å². The maximum atomic E-state index is 11.9. The van der Waals surface area contributed by atoms with Crippen LogP contribution in [0.15, 0.2) is 24.3 Å². The summed E-state index contributed by atoms with van der Waals surface area (Å²) in [5.41, 5.74) is 7.40. The number of hydrogen-bond donors (Lipinski definition) is 3. The number of para-hydroxylation sites is 2. The standard InChI is InChI=1S/C14H20N4O.2ClH/c1-3-10(18-14(19)9(2)8-15)13-16-11-6-4-5-7-12(11)17-13;;/h4-7,9-10H,3,8,15H2,1-2H3,(H,16,17)(H,18,19);2*1H. The van der Waals surface area contributed by atoms with E-state index in [1.165, 1.54) is 0 Å². The minimum atomic E-state index is -0.182. The Hall–Kier alpha value is -1.30. The van der Waals surface area contributed by atoms with E-state index >= 15 is 0 Å². The highest BCUT2D eigenvalue weighted by Crippen LogP contribution is 2.18. The zero-order chi connectivity index (χ0) is 13.8. The molecule has 1 amide bonds. The summed E-state index contributed by atoms with van der Waals surface area (Å²) in [5.74, 6) is 0.578. The number of carbonyl (C=O) groups is 1. The van der Waals surface area contributed by atoms with Gasteiger partial charge < -0.3 is 16.0 Å². The fourth-order valence-corrected chi connectivity index (χ4v) is 1.92. The maximum absolute atomic E-state index is 11.9. The van der Waals surface area contributed by atoms with Crippen LogP contribution in [0.3, 0.4) is 0 Å². The predicted molar refractivity (Wildman–Crippen MR) is 90.0 cm³/mol. The quantitative estimate of drug-likeness (QED) is 0.786. The first kappa shape index (κ1) is 19.7. The Kier molecular flexibility index (Phi) is 8.32. The smallest absolute Gasteiger partial charge is 0.224 e. The fourth-order valence-electron chi connectivity index (χ4n) is 1.92. The number of amides is 1. The van der Waals surface area contributed by atoms with Gasteiger partial charge in [0.2, 0.25) is 5.91 Å². The first-order chi connectivity index (χ1) is 9.15. The van der Waals surface area contributed by atoms with Crippen LogP contribution in [0.25, 0.3) is 11.0 Å². The Morgan fingerprint density at radius 1 is 1.38 bits per heavy atom. The zero-order valence-electron chi connectivity index (χ0n) is 12.1. The van der Waals surface area contributed by atoms with Gasteiger partial charge in [-0.1, -0.05) is 26.0 Å². The molecule has 0 saturated heterocycles. The molecule has 0 saturated carbocycles. The second kappa shape index (κ2) is 8.87. The van der Waals surface area contributed by atoms with E-state index in [1.54, 1.807) is 0 Å². The molecule has 4 N–H and O–H groups in total. The van der Waals surface area contributed by atoms with Gasteiger partial charge in [0, 0.05) is 12.5 Å². The number of H-pyrrole nitrogens is 1. The highest BCUT2D eigenvalue weighted by Gasteiger charge is 2.19. The lowest BCUT2D eigenvalue weighted by Crippen LogP contribution is -2.36. The van der Waals surface area contributed by atoms with Crippen LogP contribution in [-0.2, 0) is 4.79 Å². The van der Waals surface area contributed by atoms with E-state index in [1.807, 2.05) is 38.1 Å². The predicted octanol–water partition coefficient (Wildman–Crippen LogP) is 2.57. The molecule has 1 heterocycles. The van der Waals surface area contributed by atoms with E-state index in [2.05, 4.69) is 15.3 Å². The van der Waals surface area contributed by atoms with Gasteiger partial charge in [-0.15, -0.1) is 24.8 Å². The summed E-state index contributed by atoms with van der Waals surface area (Å²) in [6.07, 6.45) is 0.781. The maximum Gasteiger partial charge on any atom is 0.224 e. The Morgan fingerprint density at radius 3 is 2.62 bits per heavy atom. The van der Waals surface area contributed by atoms with Crippen molar-refractivity contribution in [1.29, 1.82) is 0 Å². The summed E-state index contributed by atoms with van der Waals surface area (Å²) in [7, 11) is 0. The molecule has 1 aromatic carbocycles. The zero-order valence-corrected chi connectivity index (χ0v) is 13.8. The number of aromatic nitrogens is 2. The van der Waals surface area contributed by atoms with Crippen LogP contribution < -0.4 is 11.1 Å². The summed E-state index contributed by atoms with van der Waals surface area (Å²) in [6.45, 7) is 4.19. The van der Waals surface area contributed by atoms with Crippen molar-refractivity contribution in [3.63, 3.8) is 0 Å². The molecule has 118 valence electrons. The van der Waals surface area contributed by atoms with Gasteiger partial charge >= 0.3 is 0 Å². The van der Waals surface area contributed by atoms with E-state index in [4.69, 9.17) is 5.73 Å². The highest BCUT2D eigenvalue weighted by molar-refractivity contribution is 5.85. The van der Waals surface area contributed by atoms with Gasteiger partial charge in [0.15, 0.2) is 0 Å². The van der Waals surface area contributed by atoms with Crippen LogP contribution in [0.1, 0.15) is 32.1 Å². The first-order valence-electron chi connectivity index (χ1n) is 6.60. The van der Waals surface area contributed by atoms with Crippen LogP contribution in [0.4, 0.5) is 0 Å². The van der Waals surface area contributed by atoms with E-state index in [0.717, 1.165) is 23.3 Å². The number of halogens is 2. The van der Waals surface area contributed by atoms with Crippen molar-refractivity contribution in [1.82, 2.24) is 15.3 Å². The Labute approximate surface area is 136 Å². The van der Waals surface area contributed by atoms with Crippen LogP contribution in [0, 0.1) is 5.92 Å². The first-order valence-corrected chi connectivity index (χ1v) is 6.60. The molecule has 0 bridgehead atoms. The van der Waals surface area contributed by atoms with Crippen molar-refractivity contribution in [3.05, 3.63) is 30.1 Å². The molecule has 0 aliphatic heterocycles. The molecule has 7 heteroatoms. The summed E-state index contributed by atoms with van der Waals surface area (Å²) >= 11 is 0. The molecule has 21 heavy (non-hydrogen) atoms. The number of nitrogens with zero attached hydrogens (tertiary/aromatic N) is 1. The average Bonchev–Trinajstić information content (AvgIpc) is 2.87. The average molecular weight is 333 g/mol. The minimum Gasteiger partial charge on any atom is -0.346 e. The number of nitrogens with one attached hydrogen (secondary N) is 2. The molecule has 0 fully saturated rings. The van der Waals surface area contributed by atoms with Crippen molar-refractivity contribution in [2.45, 2.75) is 26.3 Å². The number of benzene rings is 1. The Balaban J connectivity index is 0.00000200. The van der Waals surface area contributed by atoms with Crippen LogP contribution in [-0.4, -0.2) is 22.4 Å².